The highest BCUT2D eigenvalue weighted by atomic mass is 16.5. The summed E-state index contributed by atoms with van der Waals surface area (Å²) in [5.74, 6) is 0.551. The molecule has 0 saturated carbocycles. The van der Waals surface area contributed by atoms with Gasteiger partial charge in [-0.05, 0) is 44.0 Å². The van der Waals surface area contributed by atoms with Crippen molar-refractivity contribution in [3.05, 3.63) is 65.3 Å². The molecule has 170 valence electrons. The molecule has 2 N–H and O–H groups in total. The minimum absolute atomic E-state index is 0.116. The van der Waals surface area contributed by atoms with Gasteiger partial charge in [0.05, 0.1) is 0 Å². The fourth-order valence-corrected chi connectivity index (χ4v) is 4.64. The molecular formula is C25H32N4O3. The van der Waals surface area contributed by atoms with Crippen LogP contribution in [0, 0.1) is 5.41 Å². The largest absolute Gasteiger partial charge is 0.381 e. The average molecular weight is 438 g/mol. The molecule has 1 aliphatic heterocycles. The minimum Gasteiger partial charge on any atom is -0.381 e. The monoisotopic (exact) mass is 437 g/mol. The standard InChI is InChI=1S/C25H32N4O3/c1-16(2)17-7-9-19(10-8-17)25(31,24(5)14-29(6)15-24)20-11-18(12-26-13-20)21-27-22(32-28-21)23(3,4)30/h7-13,16,30-31H,14-15H2,1-6H3/t25-/m0/s1/i1D/t16?,25-. The molecule has 2 atom stereocenters. The Morgan fingerprint density at radius 1 is 1.16 bits per heavy atom. The first kappa shape index (κ1) is 21.2. The van der Waals surface area contributed by atoms with Crippen LogP contribution in [0.1, 0.15) is 64.5 Å². The Morgan fingerprint density at radius 3 is 2.41 bits per heavy atom. The lowest BCUT2D eigenvalue weighted by molar-refractivity contribution is -0.127. The van der Waals surface area contributed by atoms with E-state index in [2.05, 4.69) is 26.9 Å². The number of aromatic nitrogens is 3. The number of rotatable bonds is 6. The predicted molar refractivity (Wildman–Crippen MR) is 122 cm³/mol. The zero-order chi connectivity index (χ0) is 24.0. The molecule has 1 saturated heterocycles. The number of hydrogen-bond acceptors (Lipinski definition) is 7. The number of hydrogen-bond donors (Lipinski definition) is 2. The molecule has 1 fully saturated rings. The van der Waals surface area contributed by atoms with Crippen LogP contribution in [-0.4, -0.2) is 50.4 Å². The van der Waals surface area contributed by atoms with Crippen LogP contribution in [0.4, 0.5) is 0 Å². The molecule has 3 heterocycles. The van der Waals surface area contributed by atoms with Crippen molar-refractivity contribution < 1.29 is 16.1 Å². The molecule has 0 spiro atoms. The fraction of sp³-hybridized carbons (Fsp3) is 0.480. The van der Waals surface area contributed by atoms with Crippen molar-refractivity contribution in [2.45, 2.75) is 51.7 Å². The van der Waals surface area contributed by atoms with Crippen LogP contribution in [0.5, 0.6) is 0 Å². The summed E-state index contributed by atoms with van der Waals surface area (Å²) in [5, 5.41) is 26.5. The SMILES string of the molecule is [2H]CC(C)c1ccc([C@](O)(c2cncc(-c3noc(C(C)(C)O)n3)c2)C2(C)CN(C)C2)cc1. The molecule has 32 heavy (non-hydrogen) atoms. The van der Waals surface area contributed by atoms with Gasteiger partial charge in [-0.15, -0.1) is 0 Å². The quantitative estimate of drug-likeness (QED) is 0.607. The van der Waals surface area contributed by atoms with Gasteiger partial charge in [0.25, 0.3) is 5.89 Å². The van der Waals surface area contributed by atoms with E-state index in [1.54, 1.807) is 26.2 Å². The molecule has 7 nitrogen and oxygen atoms in total. The van der Waals surface area contributed by atoms with Crippen molar-refractivity contribution in [3.8, 4) is 11.4 Å². The van der Waals surface area contributed by atoms with Crippen LogP contribution >= 0.6 is 0 Å². The van der Waals surface area contributed by atoms with Crippen molar-refractivity contribution >= 4 is 0 Å². The van der Waals surface area contributed by atoms with E-state index in [4.69, 9.17) is 5.89 Å². The number of nitrogens with zero attached hydrogens (tertiary/aromatic N) is 4. The summed E-state index contributed by atoms with van der Waals surface area (Å²) in [7, 11) is 2.04. The molecule has 1 aromatic carbocycles. The van der Waals surface area contributed by atoms with Gasteiger partial charge in [0.15, 0.2) is 0 Å². The molecule has 1 aliphatic rings. The van der Waals surface area contributed by atoms with Gasteiger partial charge in [-0.2, -0.15) is 4.98 Å². The summed E-state index contributed by atoms with van der Waals surface area (Å²) in [6, 6.07) is 9.75. The molecule has 0 aliphatic carbocycles. The van der Waals surface area contributed by atoms with Gasteiger partial charge in [0, 0.05) is 43.4 Å². The number of likely N-dealkylation sites (tertiary alicyclic amines) is 1. The molecule has 2 aromatic heterocycles. The van der Waals surface area contributed by atoms with Crippen LogP contribution in [0.2, 0.25) is 0 Å². The summed E-state index contributed by atoms with van der Waals surface area (Å²) in [6.45, 7) is 9.04. The number of benzene rings is 1. The summed E-state index contributed by atoms with van der Waals surface area (Å²) in [4.78, 5) is 10.9. The maximum atomic E-state index is 12.3. The van der Waals surface area contributed by atoms with Gasteiger partial charge < -0.3 is 19.6 Å². The van der Waals surface area contributed by atoms with Crippen LogP contribution in [0.15, 0.2) is 47.2 Å². The second-order valence-electron chi connectivity index (χ2n) is 9.91. The summed E-state index contributed by atoms with van der Waals surface area (Å²) >= 11 is 0. The van der Waals surface area contributed by atoms with E-state index in [1.807, 2.05) is 44.3 Å². The van der Waals surface area contributed by atoms with E-state index in [1.165, 1.54) is 0 Å². The van der Waals surface area contributed by atoms with Crippen molar-refractivity contribution in [2.75, 3.05) is 20.1 Å². The van der Waals surface area contributed by atoms with Gasteiger partial charge in [-0.3, -0.25) is 4.98 Å². The topological polar surface area (TPSA) is 95.5 Å². The maximum Gasteiger partial charge on any atom is 0.258 e. The lowest BCUT2D eigenvalue weighted by atomic mass is 9.62. The van der Waals surface area contributed by atoms with Crippen LogP contribution in [0.3, 0.4) is 0 Å². The highest BCUT2D eigenvalue weighted by Crippen LogP contribution is 2.50. The van der Waals surface area contributed by atoms with E-state index >= 15 is 0 Å². The average Bonchev–Trinajstić information content (AvgIpc) is 3.28. The van der Waals surface area contributed by atoms with E-state index in [0.717, 1.165) is 24.2 Å². The second-order valence-corrected chi connectivity index (χ2v) is 9.91. The minimum atomic E-state index is -1.30. The normalized spacial score (nSPS) is 19.7. The smallest absolute Gasteiger partial charge is 0.258 e. The molecule has 1 unspecified atom stereocenters. The Labute approximate surface area is 190 Å². The Bertz CT molecular complexity index is 1120. The van der Waals surface area contributed by atoms with E-state index < -0.39 is 16.6 Å². The van der Waals surface area contributed by atoms with Gasteiger partial charge in [-0.1, -0.05) is 50.2 Å². The molecule has 0 radical (unpaired) electrons. The van der Waals surface area contributed by atoms with Gasteiger partial charge in [0.2, 0.25) is 5.82 Å². The van der Waals surface area contributed by atoms with Gasteiger partial charge in [-0.25, -0.2) is 0 Å². The third-order valence-electron chi connectivity index (χ3n) is 6.37. The van der Waals surface area contributed by atoms with Crippen LogP contribution in [0.25, 0.3) is 11.4 Å². The van der Waals surface area contributed by atoms with Gasteiger partial charge >= 0.3 is 0 Å². The van der Waals surface area contributed by atoms with E-state index in [9.17, 15) is 10.2 Å². The third kappa shape index (κ3) is 3.74. The lowest BCUT2D eigenvalue weighted by Gasteiger charge is -2.55. The summed E-state index contributed by atoms with van der Waals surface area (Å²) in [6.07, 6.45) is 3.31. The highest BCUT2D eigenvalue weighted by Gasteiger charge is 2.55. The first-order valence-electron chi connectivity index (χ1n) is 11.5. The number of pyridine rings is 1. The fourth-order valence-electron chi connectivity index (χ4n) is 4.64. The van der Waals surface area contributed by atoms with Crippen molar-refractivity contribution in [2.24, 2.45) is 5.41 Å². The molecule has 7 heteroatoms. The Kier molecular flexibility index (Phi) is 5.15. The van der Waals surface area contributed by atoms with Gasteiger partial charge in [0.1, 0.15) is 11.2 Å². The second kappa shape index (κ2) is 7.76. The zero-order valence-corrected chi connectivity index (χ0v) is 19.3. The van der Waals surface area contributed by atoms with Crippen LogP contribution < -0.4 is 0 Å². The first-order chi connectivity index (χ1) is 15.5. The summed E-state index contributed by atoms with van der Waals surface area (Å²) in [5.41, 5.74) is 0.119. The highest BCUT2D eigenvalue weighted by molar-refractivity contribution is 5.56. The third-order valence-corrected chi connectivity index (χ3v) is 6.37. The number of aliphatic hydroxyl groups is 2. The predicted octanol–water partition coefficient (Wildman–Crippen LogP) is 3.67. The zero-order valence-electron chi connectivity index (χ0n) is 20.3. The molecule has 0 bridgehead atoms. The molecule has 4 rings (SSSR count). The van der Waals surface area contributed by atoms with E-state index in [0.29, 0.717) is 23.9 Å². The summed E-state index contributed by atoms with van der Waals surface area (Å²) < 4.78 is 12.9. The van der Waals surface area contributed by atoms with Crippen molar-refractivity contribution in [1.29, 1.82) is 0 Å². The molecule has 3 aromatic rings. The Hall–Kier alpha value is -2.61. The Balaban J connectivity index is 1.79. The van der Waals surface area contributed by atoms with E-state index in [-0.39, 0.29) is 11.8 Å². The Morgan fingerprint density at radius 2 is 1.84 bits per heavy atom. The van der Waals surface area contributed by atoms with Crippen molar-refractivity contribution in [3.63, 3.8) is 0 Å². The maximum absolute atomic E-state index is 12.3. The molecule has 0 amide bonds. The molecular weight excluding hydrogens is 404 g/mol. The lowest BCUT2D eigenvalue weighted by Crippen LogP contribution is -2.63. The van der Waals surface area contributed by atoms with Crippen molar-refractivity contribution in [1.82, 2.24) is 20.0 Å². The van der Waals surface area contributed by atoms with Crippen LogP contribution in [-0.2, 0) is 11.2 Å². The first-order valence-corrected chi connectivity index (χ1v) is 10.8.